The van der Waals surface area contributed by atoms with Gasteiger partial charge in [-0.3, -0.25) is 0 Å². The van der Waals surface area contributed by atoms with E-state index in [0.717, 1.165) is 5.57 Å². The van der Waals surface area contributed by atoms with Crippen molar-refractivity contribution in [3.8, 4) is 0 Å². The monoisotopic (exact) mass is 223 g/mol. The summed E-state index contributed by atoms with van der Waals surface area (Å²) in [6.45, 7) is 5.13. The first-order chi connectivity index (χ1) is 5.93. The summed E-state index contributed by atoms with van der Waals surface area (Å²) >= 11 is 10.9. The maximum atomic E-state index is 10.9. The normalized spacial score (nSPS) is 11.4. The Kier molecular flexibility index (Phi) is 5.75. The zero-order valence-electron chi connectivity index (χ0n) is 7.67. The van der Waals surface area contributed by atoms with Crippen LogP contribution in [0.3, 0.4) is 0 Å². The standard InChI is InChI=1S/C8H11Cl2NO2/c1-5(2)4-7(12)13-11-6(3)8(9)10/h4,8H,1-3H3. The Morgan fingerprint density at radius 1 is 1.38 bits per heavy atom. The molecule has 0 aromatic rings. The van der Waals surface area contributed by atoms with Gasteiger partial charge in [-0.15, -0.1) is 0 Å². The van der Waals surface area contributed by atoms with Gasteiger partial charge < -0.3 is 4.84 Å². The zero-order chi connectivity index (χ0) is 10.4. The van der Waals surface area contributed by atoms with Crippen LogP contribution in [0.2, 0.25) is 0 Å². The van der Waals surface area contributed by atoms with E-state index >= 15 is 0 Å². The van der Waals surface area contributed by atoms with Crippen LogP contribution < -0.4 is 0 Å². The molecule has 0 unspecified atom stereocenters. The van der Waals surface area contributed by atoms with E-state index < -0.39 is 10.8 Å². The lowest BCUT2D eigenvalue weighted by atomic mass is 10.3. The van der Waals surface area contributed by atoms with Crippen molar-refractivity contribution in [2.24, 2.45) is 5.16 Å². The van der Waals surface area contributed by atoms with Crippen LogP contribution >= 0.6 is 23.2 Å². The highest BCUT2D eigenvalue weighted by atomic mass is 35.5. The second-order valence-corrected chi connectivity index (χ2v) is 3.76. The van der Waals surface area contributed by atoms with Crippen molar-refractivity contribution < 1.29 is 9.63 Å². The molecule has 0 atom stereocenters. The SMILES string of the molecule is CC(C)=CC(=O)ON=C(C)C(Cl)Cl. The van der Waals surface area contributed by atoms with Gasteiger partial charge in [0.2, 0.25) is 0 Å². The fourth-order valence-corrected chi connectivity index (χ4v) is 0.499. The average Bonchev–Trinajstić information content (AvgIpc) is 1.98. The van der Waals surface area contributed by atoms with E-state index in [1.165, 1.54) is 6.08 Å². The van der Waals surface area contributed by atoms with Crippen LogP contribution in [0.25, 0.3) is 0 Å². The van der Waals surface area contributed by atoms with Gasteiger partial charge in [0.25, 0.3) is 0 Å². The zero-order valence-corrected chi connectivity index (χ0v) is 9.19. The van der Waals surface area contributed by atoms with E-state index in [-0.39, 0.29) is 0 Å². The third-order valence-electron chi connectivity index (χ3n) is 1.00. The van der Waals surface area contributed by atoms with Gasteiger partial charge in [-0.05, 0) is 20.8 Å². The average molecular weight is 224 g/mol. The molecule has 0 aliphatic carbocycles. The van der Waals surface area contributed by atoms with Gasteiger partial charge in [0.1, 0.15) is 4.84 Å². The van der Waals surface area contributed by atoms with Crippen LogP contribution in [-0.4, -0.2) is 16.5 Å². The first-order valence-electron chi connectivity index (χ1n) is 3.62. The molecule has 0 N–H and O–H groups in total. The lowest BCUT2D eigenvalue weighted by molar-refractivity contribution is -0.137. The highest BCUT2D eigenvalue weighted by Gasteiger charge is 2.04. The van der Waals surface area contributed by atoms with Gasteiger partial charge in [0.15, 0.2) is 0 Å². The molecule has 0 rings (SSSR count). The molecule has 0 aliphatic heterocycles. The van der Waals surface area contributed by atoms with Gasteiger partial charge in [-0.25, -0.2) is 4.79 Å². The number of oxime groups is 1. The molecule has 0 aromatic carbocycles. The van der Waals surface area contributed by atoms with Crippen LogP contribution in [0.4, 0.5) is 0 Å². The van der Waals surface area contributed by atoms with E-state index in [0.29, 0.717) is 5.71 Å². The minimum Gasteiger partial charge on any atom is -0.313 e. The van der Waals surface area contributed by atoms with Crippen LogP contribution in [-0.2, 0) is 9.63 Å². The molecule has 13 heavy (non-hydrogen) atoms. The molecule has 5 heteroatoms. The molecular formula is C8H11Cl2NO2. The van der Waals surface area contributed by atoms with Crippen molar-refractivity contribution in [3.63, 3.8) is 0 Å². The number of alkyl halides is 2. The Morgan fingerprint density at radius 3 is 2.31 bits per heavy atom. The number of rotatable bonds is 3. The van der Waals surface area contributed by atoms with Crippen molar-refractivity contribution in [3.05, 3.63) is 11.6 Å². The number of allylic oxidation sites excluding steroid dienone is 1. The van der Waals surface area contributed by atoms with Crippen LogP contribution in [0.1, 0.15) is 20.8 Å². The van der Waals surface area contributed by atoms with E-state index in [1.54, 1.807) is 20.8 Å². The fourth-order valence-electron chi connectivity index (χ4n) is 0.419. The fraction of sp³-hybridized carbons (Fsp3) is 0.500. The van der Waals surface area contributed by atoms with Gasteiger partial charge in [-0.2, -0.15) is 0 Å². The maximum Gasteiger partial charge on any atom is 0.358 e. The molecule has 0 heterocycles. The number of hydrogen-bond acceptors (Lipinski definition) is 3. The summed E-state index contributed by atoms with van der Waals surface area (Å²) in [6, 6.07) is 0. The predicted molar refractivity (Wildman–Crippen MR) is 54.1 cm³/mol. The molecule has 0 bridgehead atoms. The summed E-state index contributed by atoms with van der Waals surface area (Å²) in [5, 5.41) is 3.44. The summed E-state index contributed by atoms with van der Waals surface area (Å²) in [4.78, 5) is 14.6. The minimum atomic E-state index is -0.750. The maximum absolute atomic E-state index is 10.9. The van der Waals surface area contributed by atoms with Crippen LogP contribution in [0, 0.1) is 0 Å². The molecule has 0 saturated carbocycles. The van der Waals surface area contributed by atoms with Crippen molar-refractivity contribution >= 4 is 34.9 Å². The molecule has 0 spiro atoms. The largest absolute Gasteiger partial charge is 0.358 e. The third kappa shape index (κ3) is 6.61. The number of nitrogens with zero attached hydrogens (tertiary/aromatic N) is 1. The Hall–Kier alpha value is -0.540. The summed E-state index contributed by atoms with van der Waals surface area (Å²) in [5.74, 6) is -0.534. The molecular weight excluding hydrogens is 213 g/mol. The van der Waals surface area contributed by atoms with Crippen molar-refractivity contribution in [1.29, 1.82) is 0 Å². The Bertz CT molecular complexity index is 243. The molecule has 0 amide bonds. The van der Waals surface area contributed by atoms with E-state index in [2.05, 4.69) is 9.99 Å². The van der Waals surface area contributed by atoms with Gasteiger partial charge in [0.05, 0.1) is 5.71 Å². The molecule has 0 aliphatic rings. The van der Waals surface area contributed by atoms with Gasteiger partial charge in [-0.1, -0.05) is 33.9 Å². The summed E-state index contributed by atoms with van der Waals surface area (Å²) in [7, 11) is 0. The Morgan fingerprint density at radius 2 is 1.92 bits per heavy atom. The second kappa shape index (κ2) is 6.00. The van der Waals surface area contributed by atoms with Gasteiger partial charge >= 0.3 is 5.97 Å². The highest BCUT2D eigenvalue weighted by Crippen LogP contribution is 2.04. The summed E-state index contributed by atoms with van der Waals surface area (Å²) in [6.07, 6.45) is 1.33. The van der Waals surface area contributed by atoms with Crippen molar-refractivity contribution in [2.45, 2.75) is 25.6 Å². The third-order valence-corrected chi connectivity index (χ3v) is 1.63. The summed E-state index contributed by atoms with van der Waals surface area (Å²) in [5.41, 5.74) is 1.19. The number of hydrogen-bond donors (Lipinski definition) is 0. The van der Waals surface area contributed by atoms with Crippen LogP contribution in [0.15, 0.2) is 16.8 Å². The molecule has 74 valence electrons. The van der Waals surface area contributed by atoms with E-state index in [9.17, 15) is 4.79 Å². The highest BCUT2D eigenvalue weighted by molar-refractivity contribution is 6.54. The van der Waals surface area contributed by atoms with E-state index in [4.69, 9.17) is 23.2 Å². The van der Waals surface area contributed by atoms with E-state index in [1.807, 2.05) is 0 Å². The molecule has 0 radical (unpaired) electrons. The number of carbonyl (C=O) groups is 1. The Balaban J connectivity index is 4.10. The van der Waals surface area contributed by atoms with Gasteiger partial charge in [0, 0.05) is 6.08 Å². The number of halogens is 2. The van der Waals surface area contributed by atoms with Crippen LogP contribution in [0.5, 0.6) is 0 Å². The molecule has 0 saturated heterocycles. The molecule has 3 nitrogen and oxygen atoms in total. The molecule has 0 fully saturated rings. The first kappa shape index (κ1) is 12.5. The Labute approximate surface area is 87.3 Å². The number of carbonyl (C=O) groups excluding carboxylic acids is 1. The second-order valence-electron chi connectivity index (χ2n) is 2.67. The first-order valence-corrected chi connectivity index (χ1v) is 4.49. The quantitative estimate of drug-likeness (QED) is 0.243. The summed E-state index contributed by atoms with van der Waals surface area (Å²) < 4.78 is 0. The predicted octanol–water partition coefficient (Wildman–Crippen LogP) is 2.68. The van der Waals surface area contributed by atoms with Crippen molar-refractivity contribution in [2.75, 3.05) is 0 Å². The lowest BCUT2D eigenvalue weighted by Gasteiger charge is -1.98. The van der Waals surface area contributed by atoms with Crippen molar-refractivity contribution in [1.82, 2.24) is 0 Å². The lowest BCUT2D eigenvalue weighted by Crippen LogP contribution is -2.05. The molecule has 0 aromatic heterocycles. The smallest absolute Gasteiger partial charge is 0.313 e. The minimum absolute atomic E-state index is 0.346. The topological polar surface area (TPSA) is 38.7 Å².